The van der Waals surface area contributed by atoms with Crippen molar-refractivity contribution in [1.29, 1.82) is 0 Å². The molecule has 1 aromatic rings. The summed E-state index contributed by atoms with van der Waals surface area (Å²) >= 11 is 0. The minimum atomic E-state index is -0.961. The predicted molar refractivity (Wildman–Crippen MR) is 72.5 cm³/mol. The molecule has 1 aromatic carbocycles. The van der Waals surface area contributed by atoms with Crippen LogP contribution in [0.2, 0.25) is 0 Å². The van der Waals surface area contributed by atoms with Crippen LogP contribution < -0.4 is 5.32 Å². The first kappa shape index (κ1) is 15.0. The maximum absolute atomic E-state index is 11.2. The smallest absolute Gasteiger partial charge is 0.337 e. The normalized spacial score (nSPS) is 10.0. The Morgan fingerprint density at radius 1 is 1.37 bits per heavy atom. The van der Waals surface area contributed by atoms with Gasteiger partial charge in [-0.05, 0) is 31.9 Å². The number of hydrogen-bond donors (Lipinski definition) is 2. The van der Waals surface area contributed by atoms with Crippen LogP contribution in [0.1, 0.15) is 35.7 Å². The largest absolute Gasteiger partial charge is 0.478 e. The van der Waals surface area contributed by atoms with E-state index >= 15 is 0 Å². The summed E-state index contributed by atoms with van der Waals surface area (Å²) in [5.74, 6) is -1.19. The van der Waals surface area contributed by atoms with E-state index < -0.39 is 5.97 Å². The fourth-order valence-corrected chi connectivity index (χ4v) is 1.76. The van der Waals surface area contributed by atoms with Crippen molar-refractivity contribution >= 4 is 17.6 Å². The van der Waals surface area contributed by atoms with Crippen LogP contribution in [-0.4, -0.2) is 30.2 Å². The molecule has 0 fully saturated rings. The van der Waals surface area contributed by atoms with Gasteiger partial charge in [-0.1, -0.05) is 12.1 Å². The van der Waals surface area contributed by atoms with Crippen LogP contribution in [0.5, 0.6) is 0 Å². The molecular formula is C14H19NO4. The van der Waals surface area contributed by atoms with E-state index in [1.54, 1.807) is 19.1 Å². The highest BCUT2D eigenvalue weighted by atomic mass is 16.5. The van der Waals surface area contributed by atoms with Crippen molar-refractivity contribution in [1.82, 2.24) is 0 Å². The Kier molecular flexibility index (Phi) is 5.85. The molecular weight excluding hydrogens is 246 g/mol. The van der Waals surface area contributed by atoms with Crippen molar-refractivity contribution < 1.29 is 19.4 Å². The fourth-order valence-electron chi connectivity index (χ4n) is 1.76. The summed E-state index contributed by atoms with van der Waals surface area (Å²) in [5, 5.41) is 12.2. The SMILES string of the molecule is CCOC(=O)CCCNc1c(C)cccc1C(=O)O. The second kappa shape index (κ2) is 7.41. The van der Waals surface area contributed by atoms with E-state index in [0.29, 0.717) is 31.7 Å². The predicted octanol–water partition coefficient (Wildman–Crippen LogP) is 2.45. The number of hydrogen-bond acceptors (Lipinski definition) is 4. The number of carbonyl (C=O) groups excluding carboxylic acids is 1. The molecule has 0 radical (unpaired) electrons. The fraction of sp³-hybridized carbons (Fsp3) is 0.429. The Labute approximate surface area is 112 Å². The van der Waals surface area contributed by atoms with E-state index in [4.69, 9.17) is 9.84 Å². The number of carboxylic acids is 1. The summed E-state index contributed by atoms with van der Waals surface area (Å²) in [6, 6.07) is 5.12. The number of rotatable bonds is 7. The number of ether oxygens (including phenoxy) is 1. The van der Waals surface area contributed by atoms with Crippen molar-refractivity contribution in [2.75, 3.05) is 18.5 Å². The zero-order chi connectivity index (χ0) is 14.3. The zero-order valence-electron chi connectivity index (χ0n) is 11.2. The molecule has 0 spiro atoms. The number of carboxylic acid groups (broad SMARTS) is 1. The first-order valence-corrected chi connectivity index (χ1v) is 6.28. The Morgan fingerprint density at radius 2 is 2.11 bits per heavy atom. The Bertz CT molecular complexity index is 457. The van der Waals surface area contributed by atoms with Crippen LogP contribution in [0.15, 0.2) is 18.2 Å². The number of aryl methyl sites for hydroxylation is 1. The monoisotopic (exact) mass is 265 g/mol. The first-order chi connectivity index (χ1) is 9.06. The van der Waals surface area contributed by atoms with Gasteiger partial charge < -0.3 is 15.2 Å². The Morgan fingerprint density at radius 3 is 2.74 bits per heavy atom. The van der Waals surface area contributed by atoms with Gasteiger partial charge >= 0.3 is 11.9 Å². The van der Waals surface area contributed by atoms with Crippen LogP contribution in [0, 0.1) is 6.92 Å². The minimum absolute atomic E-state index is 0.229. The summed E-state index contributed by atoms with van der Waals surface area (Å²) in [7, 11) is 0. The average molecular weight is 265 g/mol. The molecule has 0 atom stereocenters. The molecule has 0 bridgehead atoms. The molecule has 0 aliphatic carbocycles. The van der Waals surface area contributed by atoms with Gasteiger partial charge in [-0.15, -0.1) is 0 Å². The molecule has 1 rings (SSSR count). The van der Waals surface area contributed by atoms with Crippen LogP contribution in [0.25, 0.3) is 0 Å². The van der Waals surface area contributed by atoms with E-state index in [9.17, 15) is 9.59 Å². The molecule has 0 saturated carbocycles. The summed E-state index contributed by atoms with van der Waals surface area (Å²) in [4.78, 5) is 22.2. The molecule has 104 valence electrons. The van der Waals surface area contributed by atoms with E-state index in [1.165, 1.54) is 0 Å². The van der Waals surface area contributed by atoms with Gasteiger partial charge in [0.1, 0.15) is 0 Å². The molecule has 0 amide bonds. The lowest BCUT2D eigenvalue weighted by Gasteiger charge is -2.12. The number of nitrogens with one attached hydrogen (secondary N) is 1. The van der Waals surface area contributed by atoms with Crippen LogP contribution >= 0.6 is 0 Å². The average Bonchev–Trinajstić information content (AvgIpc) is 2.36. The number of aromatic carboxylic acids is 1. The van der Waals surface area contributed by atoms with Gasteiger partial charge in [-0.2, -0.15) is 0 Å². The lowest BCUT2D eigenvalue weighted by Crippen LogP contribution is -2.11. The van der Waals surface area contributed by atoms with E-state index in [2.05, 4.69) is 5.32 Å². The third kappa shape index (κ3) is 4.62. The molecule has 0 saturated heterocycles. The van der Waals surface area contributed by atoms with Gasteiger partial charge in [0, 0.05) is 13.0 Å². The topological polar surface area (TPSA) is 75.6 Å². The van der Waals surface area contributed by atoms with Crippen molar-refractivity contribution in [2.24, 2.45) is 0 Å². The number of carbonyl (C=O) groups is 2. The first-order valence-electron chi connectivity index (χ1n) is 6.28. The maximum Gasteiger partial charge on any atom is 0.337 e. The highest BCUT2D eigenvalue weighted by molar-refractivity contribution is 5.95. The van der Waals surface area contributed by atoms with Gasteiger partial charge in [0.15, 0.2) is 0 Å². The number of benzene rings is 1. The molecule has 0 unspecified atom stereocenters. The summed E-state index contributed by atoms with van der Waals surface area (Å²) in [5.41, 5.74) is 1.73. The zero-order valence-corrected chi connectivity index (χ0v) is 11.2. The molecule has 0 heterocycles. The van der Waals surface area contributed by atoms with Gasteiger partial charge in [0.05, 0.1) is 17.9 Å². The molecule has 2 N–H and O–H groups in total. The molecule has 19 heavy (non-hydrogen) atoms. The van der Waals surface area contributed by atoms with Crippen molar-refractivity contribution in [3.05, 3.63) is 29.3 Å². The molecule has 0 aliphatic rings. The summed E-state index contributed by atoms with van der Waals surface area (Å²) in [6.45, 7) is 4.53. The van der Waals surface area contributed by atoms with Crippen LogP contribution in [0.4, 0.5) is 5.69 Å². The van der Waals surface area contributed by atoms with Crippen molar-refractivity contribution in [2.45, 2.75) is 26.7 Å². The van der Waals surface area contributed by atoms with Gasteiger partial charge in [-0.3, -0.25) is 4.79 Å². The molecule has 5 heteroatoms. The van der Waals surface area contributed by atoms with Gasteiger partial charge in [-0.25, -0.2) is 4.79 Å². The Hall–Kier alpha value is -2.04. The molecule has 0 aliphatic heterocycles. The van der Waals surface area contributed by atoms with Gasteiger partial charge in [0.25, 0.3) is 0 Å². The molecule has 5 nitrogen and oxygen atoms in total. The quantitative estimate of drug-likeness (QED) is 0.585. The maximum atomic E-state index is 11.2. The second-order valence-corrected chi connectivity index (χ2v) is 4.14. The van der Waals surface area contributed by atoms with Crippen LogP contribution in [-0.2, 0) is 9.53 Å². The van der Waals surface area contributed by atoms with Gasteiger partial charge in [0.2, 0.25) is 0 Å². The summed E-state index contributed by atoms with van der Waals surface area (Å²) in [6.07, 6.45) is 0.932. The highest BCUT2D eigenvalue weighted by Crippen LogP contribution is 2.20. The molecule has 0 aromatic heterocycles. The Balaban J connectivity index is 2.54. The third-order valence-electron chi connectivity index (χ3n) is 2.67. The lowest BCUT2D eigenvalue weighted by molar-refractivity contribution is -0.143. The van der Waals surface area contributed by atoms with E-state index in [0.717, 1.165) is 5.56 Å². The number of esters is 1. The third-order valence-corrected chi connectivity index (χ3v) is 2.67. The number of para-hydroxylation sites is 1. The lowest BCUT2D eigenvalue weighted by atomic mass is 10.1. The highest BCUT2D eigenvalue weighted by Gasteiger charge is 2.11. The van der Waals surface area contributed by atoms with Crippen LogP contribution in [0.3, 0.4) is 0 Å². The van der Waals surface area contributed by atoms with Crippen molar-refractivity contribution in [3.8, 4) is 0 Å². The van der Waals surface area contributed by atoms with E-state index in [-0.39, 0.29) is 11.5 Å². The number of anilines is 1. The van der Waals surface area contributed by atoms with Crippen molar-refractivity contribution in [3.63, 3.8) is 0 Å². The second-order valence-electron chi connectivity index (χ2n) is 4.14. The minimum Gasteiger partial charge on any atom is -0.478 e. The van der Waals surface area contributed by atoms with E-state index in [1.807, 2.05) is 13.0 Å². The summed E-state index contributed by atoms with van der Waals surface area (Å²) < 4.78 is 4.82. The standard InChI is InChI=1S/C14H19NO4/c1-3-19-12(16)8-5-9-15-13-10(2)6-4-7-11(13)14(17)18/h4,6-7,15H,3,5,8-9H2,1-2H3,(H,17,18).